The molecule has 2 saturated heterocycles. The van der Waals surface area contributed by atoms with Crippen LogP contribution in [-0.2, 0) is 20.7 Å². The second kappa shape index (κ2) is 8.34. The predicted molar refractivity (Wildman–Crippen MR) is 125 cm³/mol. The van der Waals surface area contributed by atoms with Gasteiger partial charge in [0.15, 0.2) is 0 Å². The van der Waals surface area contributed by atoms with Gasteiger partial charge in [-0.3, -0.25) is 9.59 Å². The zero-order valence-electron chi connectivity index (χ0n) is 18.7. The van der Waals surface area contributed by atoms with E-state index in [-0.39, 0.29) is 17.4 Å². The number of amides is 2. The standard InChI is InChI=1S/C26H31N3O3/c1-20(30)27-22-7-5-6-21(18-22)10-15-28-16-13-25(14-17-28)19-29(23-8-3-2-4-9-23)24(31)26(32-25)11-12-26/h2-9,18H,10-17,19H2,1H3,(H,27,30). The molecule has 0 atom stereocenters. The fourth-order valence-corrected chi connectivity index (χ4v) is 5.08. The molecule has 2 aliphatic heterocycles. The van der Waals surface area contributed by atoms with Gasteiger partial charge in [-0.25, -0.2) is 0 Å². The summed E-state index contributed by atoms with van der Waals surface area (Å²) in [6.07, 6.45) is 4.50. The van der Waals surface area contributed by atoms with Crippen LogP contribution >= 0.6 is 0 Å². The number of ether oxygens (including phenoxy) is 1. The zero-order valence-corrected chi connectivity index (χ0v) is 18.7. The van der Waals surface area contributed by atoms with Crippen molar-refractivity contribution in [3.05, 3.63) is 60.2 Å². The average molecular weight is 434 g/mol. The smallest absolute Gasteiger partial charge is 0.259 e. The quantitative estimate of drug-likeness (QED) is 0.782. The maximum absolute atomic E-state index is 13.1. The molecule has 2 spiro atoms. The van der Waals surface area contributed by atoms with Crippen molar-refractivity contribution in [2.45, 2.75) is 50.2 Å². The summed E-state index contributed by atoms with van der Waals surface area (Å²) in [4.78, 5) is 28.9. The SMILES string of the molecule is CC(=O)Nc1cccc(CCN2CCC3(CC2)CN(c2ccccc2)C(=O)C2(CC2)O3)c1. The van der Waals surface area contributed by atoms with Gasteiger partial charge in [-0.05, 0) is 61.9 Å². The number of nitrogens with zero attached hydrogens (tertiary/aromatic N) is 2. The normalized spacial score (nSPS) is 21.7. The first-order valence-corrected chi connectivity index (χ1v) is 11.6. The summed E-state index contributed by atoms with van der Waals surface area (Å²) in [5.41, 5.74) is 2.22. The Kier molecular flexibility index (Phi) is 5.51. The molecule has 32 heavy (non-hydrogen) atoms. The topological polar surface area (TPSA) is 61.9 Å². The van der Waals surface area contributed by atoms with Crippen LogP contribution in [0.25, 0.3) is 0 Å². The Balaban J connectivity index is 1.21. The lowest BCUT2D eigenvalue weighted by Crippen LogP contribution is -2.63. The van der Waals surface area contributed by atoms with Gasteiger partial charge in [0.25, 0.3) is 5.91 Å². The van der Waals surface area contributed by atoms with Crippen LogP contribution in [0.4, 0.5) is 11.4 Å². The van der Waals surface area contributed by atoms with Crippen LogP contribution in [0.3, 0.4) is 0 Å². The summed E-state index contributed by atoms with van der Waals surface area (Å²) in [6, 6.07) is 18.1. The van der Waals surface area contributed by atoms with Crippen molar-refractivity contribution in [2.75, 3.05) is 36.4 Å². The minimum absolute atomic E-state index is 0.0487. The second-order valence-electron chi connectivity index (χ2n) is 9.48. The lowest BCUT2D eigenvalue weighted by Gasteiger charge is -2.50. The number of hydrogen-bond donors (Lipinski definition) is 1. The van der Waals surface area contributed by atoms with E-state index in [4.69, 9.17) is 4.74 Å². The van der Waals surface area contributed by atoms with E-state index in [1.807, 2.05) is 47.4 Å². The summed E-state index contributed by atoms with van der Waals surface area (Å²) in [5, 5.41) is 2.86. The highest BCUT2D eigenvalue weighted by Gasteiger charge is 2.62. The molecule has 0 unspecified atom stereocenters. The molecule has 2 aromatic carbocycles. The van der Waals surface area contributed by atoms with Crippen LogP contribution < -0.4 is 10.2 Å². The first-order valence-electron chi connectivity index (χ1n) is 11.6. The maximum atomic E-state index is 13.1. The number of hydrogen-bond acceptors (Lipinski definition) is 4. The number of carbonyl (C=O) groups is 2. The fraction of sp³-hybridized carbons (Fsp3) is 0.462. The zero-order chi connectivity index (χ0) is 22.2. The highest BCUT2D eigenvalue weighted by Crippen LogP contribution is 2.50. The molecule has 2 heterocycles. The molecule has 2 aromatic rings. The maximum Gasteiger partial charge on any atom is 0.259 e. The van der Waals surface area contributed by atoms with E-state index >= 15 is 0 Å². The van der Waals surface area contributed by atoms with Crippen molar-refractivity contribution in [1.29, 1.82) is 0 Å². The van der Waals surface area contributed by atoms with E-state index in [0.29, 0.717) is 6.54 Å². The number of likely N-dealkylation sites (tertiary alicyclic amines) is 1. The Morgan fingerprint density at radius 2 is 1.78 bits per heavy atom. The Hall–Kier alpha value is -2.70. The number of anilines is 2. The van der Waals surface area contributed by atoms with Crippen molar-refractivity contribution in [1.82, 2.24) is 4.90 Å². The van der Waals surface area contributed by atoms with E-state index in [2.05, 4.69) is 22.3 Å². The Bertz CT molecular complexity index is 994. The molecule has 3 fully saturated rings. The third-order valence-corrected chi connectivity index (χ3v) is 7.00. The van der Waals surface area contributed by atoms with Gasteiger partial charge in [-0.2, -0.15) is 0 Å². The average Bonchev–Trinajstić information content (AvgIpc) is 3.56. The Morgan fingerprint density at radius 1 is 1.03 bits per heavy atom. The minimum atomic E-state index is -0.583. The van der Waals surface area contributed by atoms with E-state index in [9.17, 15) is 9.59 Å². The number of morpholine rings is 1. The van der Waals surface area contributed by atoms with Crippen molar-refractivity contribution in [3.63, 3.8) is 0 Å². The van der Waals surface area contributed by atoms with E-state index < -0.39 is 5.60 Å². The molecule has 2 amide bonds. The van der Waals surface area contributed by atoms with Crippen molar-refractivity contribution < 1.29 is 14.3 Å². The molecule has 0 radical (unpaired) electrons. The summed E-state index contributed by atoms with van der Waals surface area (Å²) in [6.45, 7) is 5.09. The van der Waals surface area contributed by atoms with E-state index in [1.165, 1.54) is 12.5 Å². The summed E-state index contributed by atoms with van der Waals surface area (Å²) >= 11 is 0. The lowest BCUT2D eigenvalue weighted by molar-refractivity contribution is -0.172. The third-order valence-electron chi connectivity index (χ3n) is 7.00. The summed E-state index contributed by atoms with van der Waals surface area (Å²) in [7, 11) is 0. The molecule has 168 valence electrons. The van der Waals surface area contributed by atoms with Crippen LogP contribution in [0.15, 0.2) is 54.6 Å². The van der Waals surface area contributed by atoms with Gasteiger partial charge in [-0.15, -0.1) is 0 Å². The molecule has 6 heteroatoms. The molecule has 1 saturated carbocycles. The van der Waals surface area contributed by atoms with Crippen molar-refractivity contribution >= 4 is 23.2 Å². The van der Waals surface area contributed by atoms with Crippen LogP contribution in [-0.4, -0.2) is 54.1 Å². The minimum Gasteiger partial charge on any atom is -0.357 e. The van der Waals surface area contributed by atoms with Crippen molar-refractivity contribution in [2.24, 2.45) is 0 Å². The monoisotopic (exact) mass is 433 g/mol. The molecule has 6 nitrogen and oxygen atoms in total. The first kappa shape index (κ1) is 21.2. The highest BCUT2D eigenvalue weighted by molar-refractivity contribution is 6.02. The molecule has 1 aliphatic carbocycles. The largest absolute Gasteiger partial charge is 0.357 e. The molecule has 0 aromatic heterocycles. The molecular weight excluding hydrogens is 402 g/mol. The number of benzene rings is 2. The summed E-state index contributed by atoms with van der Waals surface area (Å²) < 4.78 is 6.58. The van der Waals surface area contributed by atoms with Gasteiger partial charge in [0.1, 0.15) is 5.60 Å². The number of para-hydroxylation sites is 1. The van der Waals surface area contributed by atoms with Crippen LogP contribution in [0.1, 0.15) is 38.2 Å². The van der Waals surface area contributed by atoms with Gasteiger partial charge in [0, 0.05) is 37.9 Å². The predicted octanol–water partition coefficient (Wildman–Crippen LogP) is 3.62. The van der Waals surface area contributed by atoms with Crippen LogP contribution in [0.5, 0.6) is 0 Å². The number of rotatable bonds is 5. The van der Waals surface area contributed by atoms with Crippen molar-refractivity contribution in [3.8, 4) is 0 Å². The van der Waals surface area contributed by atoms with Gasteiger partial charge in [0.05, 0.1) is 12.1 Å². The third kappa shape index (κ3) is 4.30. The van der Waals surface area contributed by atoms with Crippen LogP contribution in [0, 0.1) is 0 Å². The van der Waals surface area contributed by atoms with Gasteiger partial charge in [-0.1, -0.05) is 30.3 Å². The molecular formula is C26H31N3O3. The van der Waals surface area contributed by atoms with Crippen LogP contribution in [0.2, 0.25) is 0 Å². The van der Waals surface area contributed by atoms with E-state index in [1.54, 1.807) is 0 Å². The van der Waals surface area contributed by atoms with Gasteiger partial charge in [0.2, 0.25) is 5.91 Å². The second-order valence-corrected chi connectivity index (χ2v) is 9.48. The van der Waals surface area contributed by atoms with Gasteiger partial charge < -0.3 is 19.9 Å². The Labute approximate surface area is 189 Å². The van der Waals surface area contributed by atoms with E-state index in [0.717, 1.165) is 63.1 Å². The number of nitrogens with one attached hydrogen (secondary N) is 1. The highest BCUT2D eigenvalue weighted by atomic mass is 16.5. The van der Waals surface area contributed by atoms with Gasteiger partial charge >= 0.3 is 0 Å². The summed E-state index contributed by atoms with van der Waals surface area (Å²) in [5.74, 6) is 0.0863. The number of piperidine rings is 1. The molecule has 0 bridgehead atoms. The lowest BCUT2D eigenvalue weighted by atomic mass is 9.87. The molecule has 3 aliphatic rings. The first-order chi connectivity index (χ1) is 15.5. The fourth-order valence-electron chi connectivity index (χ4n) is 5.08. The Morgan fingerprint density at radius 3 is 2.47 bits per heavy atom. The molecule has 5 rings (SSSR count). The number of carbonyl (C=O) groups excluding carboxylic acids is 2. The molecule has 1 N–H and O–H groups in total.